The van der Waals surface area contributed by atoms with E-state index >= 15 is 0 Å². The van der Waals surface area contributed by atoms with Gasteiger partial charge in [0.2, 0.25) is 0 Å². The van der Waals surface area contributed by atoms with Crippen molar-refractivity contribution >= 4 is 22.4 Å². The zero-order valence-electron chi connectivity index (χ0n) is 13.6. The van der Waals surface area contributed by atoms with E-state index in [1.54, 1.807) is 11.3 Å². The van der Waals surface area contributed by atoms with E-state index in [-0.39, 0.29) is 5.91 Å². The van der Waals surface area contributed by atoms with Gasteiger partial charge in [0.15, 0.2) is 5.13 Å². The van der Waals surface area contributed by atoms with Gasteiger partial charge in [0.05, 0.1) is 18.8 Å². The summed E-state index contributed by atoms with van der Waals surface area (Å²) >= 11 is 1.66. The maximum absolute atomic E-state index is 12.4. The number of carbonyl (C=O) groups excluding carboxylic acids is 1. The molecule has 1 amide bonds. The third-order valence-electron chi connectivity index (χ3n) is 4.52. The average Bonchev–Trinajstić information content (AvgIpc) is 3.30. The normalized spacial score (nSPS) is 16.6. The van der Waals surface area contributed by atoms with Crippen LogP contribution in [-0.4, -0.2) is 30.6 Å². The fourth-order valence-corrected chi connectivity index (χ4v) is 4.08. The zero-order chi connectivity index (χ0) is 16.4. The summed E-state index contributed by atoms with van der Waals surface area (Å²) in [5.74, 6) is 0.853. The summed E-state index contributed by atoms with van der Waals surface area (Å²) in [4.78, 5) is 19.3. The Labute approximate surface area is 145 Å². The summed E-state index contributed by atoms with van der Waals surface area (Å²) < 4.78 is 5.59. The SMILES string of the molecule is O=C(NCc1csc(N2CCCC2)n1)c1ccc2c(c1)CCCO2. The number of hydrogen-bond donors (Lipinski definition) is 1. The lowest BCUT2D eigenvalue weighted by atomic mass is 10.0. The monoisotopic (exact) mass is 343 g/mol. The maximum atomic E-state index is 12.4. The molecule has 1 fully saturated rings. The molecular formula is C18H21N3O2S. The molecule has 5 nitrogen and oxygen atoms in total. The molecule has 1 N–H and O–H groups in total. The number of anilines is 1. The van der Waals surface area contributed by atoms with Crippen LogP contribution in [0.3, 0.4) is 0 Å². The van der Waals surface area contributed by atoms with Crippen LogP contribution in [-0.2, 0) is 13.0 Å². The Morgan fingerprint density at radius 3 is 3.04 bits per heavy atom. The van der Waals surface area contributed by atoms with Gasteiger partial charge in [0.1, 0.15) is 5.75 Å². The Hall–Kier alpha value is -2.08. The number of nitrogens with one attached hydrogen (secondary N) is 1. The van der Waals surface area contributed by atoms with Crippen molar-refractivity contribution < 1.29 is 9.53 Å². The number of ether oxygens (including phenoxy) is 1. The van der Waals surface area contributed by atoms with E-state index in [9.17, 15) is 4.79 Å². The molecule has 6 heteroatoms. The van der Waals surface area contributed by atoms with E-state index in [1.807, 2.05) is 23.6 Å². The van der Waals surface area contributed by atoms with Gasteiger partial charge in [-0.05, 0) is 49.4 Å². The Bertz CT molecular complexity index is 738. The van der Waals surface area contributed by atoms with Crippen LogP contribution in [0.4, 0.5) is 5.13 Å². The molecular weight excluding hydrogens is 322 g/mol. The lowest BCUT2D eigenvalue weighted by Gasteiger charge is -2.17. The van der Waals surface area contributed by atoms with E-state index < -0.39 is 0 Å². The molecule has 1 aromatic carbocycles. The molecule has 3 heterocycles. The third-order valence-corrected chi connectivity index (χ3v) is 5.47. The highest BCUT2D eigenvalue weighted by Crippen LogP contribution is 2.26. The van der Waals surface area contributed by atoms with Crippen molar-refractivity contribution in [2.75, 3.05) is 24.6 Å². The highest BCUT2D eigenvalue weighted by atomic mass is 32.1. The summed E-state index contributed by atoms with van der Waals surface area (Å²) in [7, 11) is 0. The molecule has 0 unspecified atom stereocenters. The van der Waals surface area contributed by atoms with Crippen molar-refractivity contribution in [1.29, 1.82) is 0 Å². The highest BCUT2D eigenvalue weighted by molar-refractivity contribution is 7.13. The third kappa shape index (κ3) is 3.24. The maximum Gasteiger partial charge on any atom is 0.251 e. The quantitative estimate of drug-likeness (QED) is 0.927. The van der Waals surface area contributed by atoms with Crippen molar-refractivity contribution in [2.45, 2.75) is 32.2 Å². The summed E-state index contributed by atoms with van der Waals surface area (Å²) in [6.45, 7) is 3.42. The van der Waals surface area contributed by atoms with Crippen LogP contribution in [0.1, 0.15) is 40.9 Å². The van der Waals surface area contributed by atoms with Crippen LogP contribution in [0, 0.1) is 0 Å². The van der Waals surface area contributed by atoms with Crippen LogP contribution in [0.25, 0.3) is 0 Å². The van der Waals surface area contributed by atoms with Crippen LogP contribution in [0.5, 0.6) is 5.75 Å². The first-order chi connectivity index (χ1) is 11.8. The molecule has 0 aliphatic carbocycles. The van der Waals surface area contributed by atoms with E-state index in [0.717, 1.165) is 54.7 Å². The number of aryl methyl sites for hydroxylation is 1. The van der Waals surface area contributed by atoms with Gasteiger partial charge in [0, 0.05) is 24.0 Å². The van der Waals surface area contributed by atoms with Crippen molar-refractivity contribution in [3.8, 4) is 5.75 Å². The smallest absolute Gasteiger partial charge is 0.251 e. The summed E-state index contributed by atoms with van der Waals surface area (Å²) in [5.41, 5.74) is 2.74. The topological polar surface area (TPSA) is 54.5 Å². The van der Waals surface area contributed by atoms with Gasteiger partial charge >= 0.3 is 0 Å². The van der Waals surface area contributed by atoms with E-state index in [1.165, 1.54) is 12.8 Å². The second-order valence-corrected chi connectivity index (χ2v) is 7.11. The van der Waals surface area contributed by atoms with Crippen LogP contribution >= 0.6 is 11.3 Å². The van der Waals surface area contributed by atoms with Gasteiger partial charge in [0.25, 0.3) is 5.91 Å². The molecule has 126 valence electrons. The Morgan fingerprint density at radius 1 is 1.29 bits per heavy atom. The minimum Gasteiger partial charge on any atom is -0.493 e. The molecule has 0 atom stereocenters. The highest BCUT2D eigenvalue weighted by Gasteiger charge is 2.17. The molecule has 2 aromatic rings. The molecule has 0 bridgehead atoms. The van der Waals surface area contributed by atoms with E-state index in [0.29, 0.717) is 12.1 Å². The molecule has 2 aliphatic heterocycles. The van der Waals surface area contributed by atoms with Crippen molar-refractivity contribution in [2.24, 2.45) is 0 Å². The summed E-state index contributed by atoms with van der Waals surface area (Å²) in [6.07, 6.45) is 4.47. The minimum absolute atomic E-state index is 0.0564. The number of aromatic nitrogens is 1. The fraction of sp³-hybridized carbons (Fsp3) is 0.444. The standard InChI is InChI=1S/C18H21N3O2S/c22-17(14-5-6-16-13(10-14)4-3-9-23-16)19-11-15-12-24-18(20-15)21-7-1-2-8-21/h5-6,10,12H,1-4,7-9,11H2,(H,19,22). The Kier molecular flexibility index (Phi) is 4.38. The number of amides is 1. The lowest BCUT2D eigenvalue weighted by Crippen LogP contribution is -2.23. The zero-order valence-corrected chi connectivity index (χ0v) is 14.4. The van der Waals surface area contributed by atoms with Gasteiger partial charge in [-0.3, -0.25) is 4.79 Å². The van der Waals surface area contributed by atoms with Gasteiger partial charge in [-0.25, -0.2) is 4.98 Å². The average molecular weight is 343 g/mol. The molecule has 1 aromatic heterocycles. The van der Waals surface area contributed by atoms with Crippen molar-refractivity contribution in [1.82, 2.24) is 10.3 Å². The van der Waals surface area contributed by atoms with Gasteiger partial charge < -0.3 is 15.0 Å². The molecule has 2 aliphatic rings. The second-order valence-electron chi connectivity index (χ2n) is 6.27. The van der Waals surface area contributed by atoms with Crippen LogP contribution in [0.2, 0.25) is 0 Å². The Balaban J connectivity index is 1.38. The number of hydrogen-bond acceptors (Lipinski definition) is 5. The van der Waals surface area contributed by atoms with Crippen molar-refractivity contribution in [3.63, 3.8) is 0 Å². The lowest BCUT2D eigenvalue weighted by molar-refractivity contribution is 0.0950. The molecule has 0 spiro atoms. The van der Waals surface area contributed by atoms with Gasteiger partial charge in [-0.15, -0.1) is 11.3 Å². The van der Waals surface area contributed by atoms with Crippen molar-refractivity contribution in [3.05, 3.63) is 40.4 Å². The molecule has 0 saturated carbocycles. The number of carbonyl (C=O) groups is 1. The number of fused-ring (bicyclic) bond motifs is 1. The van der Waals surface area contributed by atoms with Crippen LogP contribution in [0.15, 0.2) is 23.6 Å². The first-order valence-electron chi connectivity index (χ1n) is 8.53. The van der Waals surface area contributed by atoms with E-state index in [2.05, 4.69) is 15.2 Å². The minimum atomic E-state index is -0.0564. The van der Waals surface area contributed by atoms with Crippen LogP contribution < -0.4 is 15.0 Å². The second kappa shape index (κ2) is 6.81. The van der Waals surface area contributed by atoms with Gasteiger partial charge in [-0.2, -0.15) is 0 Å². The predicted molar refractivity (Wildman–Crippen MR) is 95.0 cm³/mol. The predicted octanol–water partition coefficient (Wildman–Crippen LogP) is 3.00. The number of rotatable bonds is 4. The first-order valence-corrected chi connectivity index (χ1v) is 9.41. The Morgan fingerprint density at radius 2 is 2.17 bits per heavy atom. The first kappa shape index (κ1) is 15.4. The fourth-order valence-electron chi connectivity index (χ4n) is 3.21. The molecule has 24 heavy (non-hydrogen) atoms. The van der Waals surface area contributed by atoms with E-state index in [4.69, 9.17) is 4.74 Å². The molecule has 1 saturated heterocycles. The van der Waals surface area contributed by atoms with Gasteiger partial charge in [-0.1, -0.05) is 0 Å². The molecule has 4 rings (SSSR count). The number of thiazole rings is 1. The summed E-state index contributed by atoms with van der Waals surface area (Å²) in [5, 5.41) is 6.08. The summed E-state index contributed by atoms with van der Waals surface area (Å²) in [6, 6.07) is 5.68. The largest absolute Gasteiger partial charge is 0.493 e. The number of nitrogens with zero attached hydrogens (tertiary/aromatic N) is 2. The molecule has 0 radical (unpaired) electrons. The number of benzene rings is 1.